The number of hydrogen-bond donors (Lipinski definition) is 2. The monoisotopic (exact) mass is 294 g/mol. The number of rotatable bonds is 7. The molecule has 2 N–H and O–H groups in total. The molecule has 1 aromatic rings. The Morgan fingerprint density at radius 1 is 1.33 bits per heavy atom. The van der Waals surface area contributed by atoms with Crippen molar-refractivity contribution in [2.75, 3.05) is 39.5 Å². The van der Waals surface area contributed by atoms with E-state index >= 15 is 0 Å². The van der Waals surface area contributed by atoms with Gasteiger partial charge in [-0.15, -0.1) is 0 Å². The average molecular weight is 294 g/mol. The van der Waals surface area contributed by atoms with Crippen molar-refractivity contribution < 1.29 is 24.3 Å². The second-order valence-electron chi connectivity index (χ2n) is 5.33. The van der Waals surface area contributed by atoms with Crippen LogP contribution in [0.15, 0.2) is 24.3 Å². The molecule has 0 unspecified atom stereocenters. The number of hydrogen-bond acceptors (Lipinski definition) is 4. The highest BCUT2D eigenvalue weighted by Gasteiger charge is 2.18. The quantitative estimate of drug-likeness (QED) is 0.692. The number of aliphatic hydroxyl groups is 1. The number of ether oxygens (including phenoxy) is 2. The Bertz CT molecular complexity index is 440. The zero-order valence-electron chi connectivity index (χ0n) is 12.5. The molecule has 0 spiro atoms. The molecule has 1 aliphatic heterocycles. The molecular weight excluding hydrogens is 270 g/mol. The third kappa shape index (κ3) is 5.12. The zero-order valence-corrected chi connectivity index (χ0v) is 12.5. The van der Waals surface area contributed by atoms with Crippen LogP contribution in [0.4, 0.5) is 0 Å². The highest BCUT2D eigenvalue weighted by molar-refractivity contribution is 5.95. The van der Waals surface area contributed by atoms with Gasteiger partial charge in [0.1, 0.15) is 38.1 Å². The average Bonchev–Trinajstić information content (AvgIpc) is 2.53. The minimum Gasteiger partial charge on any atom is -0.491 e. The lowest BCUT2D eigenvalue weighted by Gasteiger charge is -2.25. The summed E-state index contributed by atoms with van der Waals surface area (Å²) in [5.41, 5.74) is 0.697. The minimum atomic E-state index is -0.491. The second kappa shape index (κ2) is 8.12. The summed E-state index contributed by atoms with van der Waals surface area (Å²) in [4.78, 5) is 12.9. The fraction of sp³-hybridized carbons (Fsp3) is 0.562. The molecule has 21 heavy (non-hydrogen) atoms. The van der Waals surface area contributed by atoms with Crippen molar-refractivity contribution in [3.05, 3.63) is 29.8 Å². The first-order chi connectivity index (χ1) is 10.2. The van der Waals surface area contributed by atoms with E-state index in [1.165, 1.54) is 4.90 Å². The fourth-order valence-corrected chi connectivity index (χ4v) is 2.39. The molecule has 1 aliphatic rings. The summed E-state index contributed by atoms with van der Waals surface area (Å²) < 4.78 is 10.9. The Hall–Kier alpha value is -1.43. The van der Waals surface area contributed by atoms with Gasteiger partial charge in [-0.05, 0) is 24.3 Å². The van der Waals surface area contributed by atoms with E-state index in [-0.39, 0.29) is 12.4 Å². The topological polar surface area (TPSA) is 60.2 Å². The second-order valence-corrected chi connectivity index (χ2v) is 5.33. The normalized spacial score (nSPS) is 17.4. The van der Waals surface area contributed by atoms with Crippen molar-refractivity contribution in [3.8, 4) is 5.75 Å². The van der Waals surface area contributed by atoms with Crippen LogP contribution in [0.25, 0.3) is 0 Å². The van der Waals surface area contributed by atoms with Crippen LogP contribution < -0.4 is 9.64 Å². The van der Waals surface area contributed by atoms with E-state index in [1.54, 1.807) is 24.3 Å². The molecule has 0 radical (unpaired) electrons. The van der Waals surface area contributed by atoms with Gasteiger partial charge in [0.15, 0.2) is 5.78 Å². The lowest BCUT2D eigenvalue weighted by Crippen LogP contribution is -3.15. The summed E-state index contributed by atoms with van der Waals surface area (Å²) in [6.07, 6.45) is 0.0105. The van der Waals surface area contributed by atoms with Crippen LogP contribution in [0.1, 0.15) is 23.7 Å². The van der Waals surface area contributed by atoms with Gasteiger partial charge in [0.25, 0.3) is 0 Å². The van der Waals surface area contributed by atoms with Crippen molar-refractivity contribution in [1.29, 1.82) is 0 Å². The lowest BCUT2D eigenvalue weighted by atomic mass is 10.1. The summed E-state index contributed by atoms with van der Waals surface area (Å²) in [6.45, 7) is 6.18. The first-order valence-electron chi connectivity index (χ1n) is 7.54. The number of ketones is 1. The number of nitrogens with one attached hydrogen (secondary N) is 1. The first kappa shape index (κ1) is 15.9. The van der Waals surface area contributed by atoms with Gasteiger partial charge in [-0.25, -0.2) is 0 Å². The maximum absolute atomic E-state index is 11.5. The number of Topliss-reactive ketones (excluding diaryl/α,β-unsaturated/α-hetero) is 1. The van der Waals surface area contributed by atoms with Crippen molar-refractivity contribution in [3.63, 3.8) is 0 Å². The molecule has 0 aromatic heterocycles. The Morgan fingerprint density at radius 2 is 2.00 bits per heavy atom. The van der Waals surface area contributed by atoms with E-state index < -0.39 is 6.10 Å². The molecule has 1 atom stereocenters. The van der Waals surface area contributed by atoms with E-state index in [4.69, 9.17) is 9.47 Å². The molecule has 1 saturated heterocycles. The summed E-state index contributed by atoms with van der Waals surface area (Å²) in [6, 6.07) is 7.08. The van der Waals surface area contributed by atoms with E-state index in [9.17, 15) is 9.90 Å². The molecule has 5 nitrogen and oxygen atoms in total. The molecule has 1 aromatic carbocycles. The number of carbonyl (C=O) groups excluding carboxylic acids is 1. The van der Waals surface area contributed by atoms with E-state index in [1.807, 2.05) is 6.92 Å². The molecular formula is C16H24NO4+. The van der Waals surface area contributed by atoms with Crippen molar-refractivity contribution in [2.45, 2.75) is 19.4 Å². The molecule has 0 aliphatic carbocycles. The first-order valence-corrected chi connectivity index (χ1v) is 7.54. The van der Waals surface area contributed by atoms with Crippen LogP contribution in [0.3, 0.4) is 0 Å². The number of aliphatic hydroxyl groups excluding tert-OH is 1. The van der Waals surface area contributed by atoms with Gasteiger partial charge in [-0.1, -0.05) is 6.92 Å². The number of benzene rings is 1. The van der Waals surface area contributed by atoms with Gasteiger partial charge < -0.3 is 19.5 Å². The molecule has 1 heterocycles. The number of morpholine rings is 1. The molecule has 1 fully saturated rings. The van der Waals surface area contributed by atoms with Crippen LogP contribution in [0.5, 0.6) is 5.75 Å². The standard InChI is InChI=1S/C16H23NO4/c1-2-16(19)13-3-5-15(6-4-13)21-12-14(18)11-17-7-9-20-10-8-17/h3-6,14,18H,2,7-12H2,1H3/p+1/t14-/m1/s1. The van der Waals surface area contributed by atoms with Gasteiger partial charge in [0, 0.05) is 12.0 Å². The largest absolute Gasteiger partial charge is 0.491 e. The fourth-order valence-electron chi connectivity index (χ4n) is 2.39. The van der Waals surface area contributed by atoms with Gasteiger partial charge in [0.2, 0.25) is 0 Å². The molecule has 0 saturated carbocycles. The zero-order chi connectivity index (χ0) is 15.1. The third-order valence-electron chi connectivity index (χ3n) is 3.66. The van der Waals surface area contributed by atoms with Crippen LogP contribution in [0.2, 0.25) is 0 Å². The molecule has 0 bridgehead atoms. The van der Waals surface area contributed by atoms with Gasteiger partial charge in [0.05, 0.1) is 13.2 Å². The SMILES string of the molecule is CCC(=O)c1ccc(OC[C@H](O)C[NH+]2CCOCC2)cc1. The van der Waals surface area contributed by atoms with Crippen LogP contribution >= 0.6 is 0 Å². The molecule has 2 rings (SSSR count). The van der Waals surface area contributed by atoms with Crippen LogP contribution in [0, 0.1) is 0 Å². The predicted molar refractivity (Wildman–Crippen MR) is 78.9 cm³/mol. The predicted octanol–water partition coefficient (Wildman–Crippen LogP) is -0.0659. The van der Waals surface area contributed by atoms with Crippen molar-refractivity contribution in [2.24, 2.45) is 0 Å². The van der Waals surface area contributed by atoms with Crippen LogP contribution in [-0.2, 0) is 4.74 Å². The summed E-state index contributed by atoms with van der Waals surface area (Å²) in [7, 11) is 0. The molecule has 0 amide bonds. The summed E-state index contributed by atoms with van der Waals surface area (Å²) in [5.74, 6) is 0.802. The van der Waals surface area contributed by atoms with Gasteiger partial charge in [-0.3, -0.25) is 4.79 Å². The Balaban J connectivity index is 1.75. The van der Waals surface area contributed by atoms with E-state index in [2.05, 4.69) is 0 Å². The number of quaternary nitrogens is 1. The van der Waals surface area contributed by atoms with E-state index in [0.29, 0.717) is 24.3 Å². The Labute approximate surface area is 125 Å². The highest BCUT2D eigenvalue weighted by Crippen LogP contribution is 2.13. The van der Waals surface area contributed by atoms with Crippen LogP contribution in [-0.4, -0.2) is 56.4 Å². The van der Waals surface area contributed by atoms with Gasteiger partial charge >= 0.3 is 0 Å². The smallest absolute Gasteiger partial charge is 0.162 e. The highest BCUT2D eigenvalue weighted by atomic mass is 16.5. The maximum atomic E-state index is 11.5. The lowest BCUT2D eigenvalue weighted by molar-refractivity contribution is -0.911. The van der Waals surface area contributed by atoms with Gasteiger partial charge in [-0.2, -0.15) is 0 Å². The Kier molecular flexibility index (Phi) is 6.17. The summed E-state index contributed by atoms with van der Waals surface area (Å²) in [5, 5.41) is 10.0. The maximum Gasteiger partial charge on any atom is 0.162 e. The minimum absolute atomic E-state index is 0.123. The third-order valence-corrected chi connectivity index (χ3v) is 3.66. The Morgan fingerprint density at radius 3 is 2.62 bits per heavy atom. The van der Waals surface area contributed by atoms with E-state index in [0.717, 1.165) is 26.3 Å². The van der Waals surface area contributed by atoms with Crippen molar-refractivity contribution in [1.82, 2.24) is 0 Å². The molecule has 116 valence electrons. The summed E-state index contributed by atoms with van der Waals surface area (Å²) >= 11 is 0. The molecule has 5 heteroatoms. The number of carbonyl (C=O) groups is 1. The van der Waals surface area contributed by atoms with Crippen molar-refractivity contribution >= 4 is 5.78 Å².